The Bertz CT molecular complexity index is 461. The third-order valence-corrected chi connectivity index (χ3v) is 3.50. The molecule has 0 saturated heterocycles. The number of hydrogen-bond donors (Lipinski definition) is 0. The molecule has 1 aromatic rings. The molecule has 0 aliphatic rings. The van der Waals surface area contributed by atoms with Gasteiger partial charge in [0.2, 0.25) is 0 Å². The first kappa shape index (κ1) is 13.0. The lowest BCUT2D eigenvalue weighted by atomic mass is 10.0. The monoisotopic (exact) mass is 242 g/mol. The summed E-state index contributed by atoms with van der Waals surface area (Å²) in [7, 11) is -3.45. The fourth-order valence-electron chi connectivity index (χ4n) is 1.39. The fraction of sp³-hybridized carbons (Fsp3) is 0.500. The van der Waals surface area contributed by atoms with Crippen LogP contribution < -0.4 is 4.18 Å². The summed E-state index contributed by atoms with van der Waals surface area (Å²) < 4.78 is 28.0. The quantitative estimate of drug-likeness (QED) is 0.762. The molecular weight excluding hydrogens is 224 g/mol. The van der Waals surface area contributed by atoms with Crippen LogP contribution in [0.3, 0.4) is 0 Å². The first-order valence-corrected chi connectivity index (χ1v) is 6.96. The number of benzene rings is 1. The molecule has 0 N–H and O–H groups in total. The largest absolute Gasteiger partial charge is 0.382 e. The van der Waals surface area contributed by atoms with Crippen molar-refractivity contribution in [3.8, 4) is 5.75 Å². The summed E-state index contributed by atoms with van der Waals surface area (Å²) in [5.74, 6) is 0.679. The zero-order valence-corrected chi connectivity index (χ0v) is 11.0. The minimum atomic E-state index is -3.45. The molecule has 0 atom stereocenters. The van der Waals surface area contributed by atoms with E-state index in [1.165, 1.54) is 0 Å². The van der Waals surface area contributed by atoms with Crippen molar-refractivity contribution in [3.63, 3.8) is 0 Å². The van der Waals surface area contributed by atoms with Crippen molar-refractivity contribution in [2.75, 3.05) is 5.75 Å². The summed E-state index contributed by atoms with van der Waals surface area (Å²) in [4.78, 5) is 0. The average molecular weight is 242 g/mol. The second kappa shape index (κ2) is 4.87. The van der Waals surface area contributed by atoms with E-state index in [1.807, 2.05) is 32.9 Å². The average Bonchev–Trinajstić information content (AvgIpc) is 2.16. The number of hydrogen-bond acceptors (Lipinski definition) is 3. The Kier molecular flexibility index (Phi) is 3.97. The van der Waals surface area contributed by atoms with Crippen molar-refractivity contribution in [1.82, 2.24) is 0 Å². The molecule has 0 spiro atoms. The highest BCUT2D eigenvalue weighted by atomic mass is 32.2. The van der Waals surface area contributed by atoms with E-state index in [9.17, 15) is 8.42 Å². The molecule has 3 nitrogen and oxygen atoms in total. The van der Waals surface area contributed by atoms with Crippen LogP contribution >= 0.6 is 0 Å². The number of rotatable bonds is 4. The van der Waals surface area contributed by atoms with Gasteiger partial charge in [-0.15, -0.1) is 0 Å². The van der Waals surface area contributed by atoms with Crippen molar-refractivity contribution in [3.05, 3.63) is 29.3 Å². The molecule has 0 heterocycles. The van der Waals surface area contributed by atoms with E-state index >= 15 is 0 Å². The molecule has 1 rings (SSSR count). The lowest BCUT2D eigenvalue weighted by molar-refractivity contribution is 0.482. The lowest BCUT2D eigenvalue weighted by Crippen LogP contribution is -2.13. The van der Waals surface area contributed by atoms with Gasteiger partial charge in [-0.25, -0.2) is 0 Å². The Hall–Kier alpha value is -1.03. The van der Waals surface area contributed by atoms with E-state index in [0.29, 0.717) is 5.75 Å². The van der Waals surface area contributed by atoms with Gasteiger partial charge in [0.1, 0.15) is 5.75 Å². The minimum Gasteiger partial charge on any atom is -0.382 e. The smallest absolute Gasteiger partial charge is 0.308 e. The van der Waals surface area contributed by atoms with Crippen LogP contribution in [0.4, 0.5) is 0 Å². The van der Waals surface area contributed by atoms with Gasteiger partial charge in [-0.05, 0) is 37.0 Å². The Morgan fingerprint density at radius 1 is 1.31 bits per heavy atom. The van der Waals surface area contributed by atoms with Crippen molar-refractivity contribution in [2.24, 2.45) is 0 Å². The maximum atomic E-state index is 11.4. The van der Waals surface area contributed by atoms with E-state index in [0.717, 1.165) is 11.1 Å². The van der Waals surface area contributed by atoms with Gasteiger partial charge in [0.05, 0.1) is 5.75 Å². The van der Waals surface area contributed by atoms with Crippen molar-refractivity contribution < 1.29 is 12.6 Å². The van der Waals surface area contributed by atoms with Gasteiger partial charge < -0.3 is 4.18 Å². The van der Waals surface area contributed by atoms with E-state index in [1.54, 1.807) is 13.0 Å². The molecule has 0 radical (unpaired) electrons. The summed E-state index contributed by atoms with van der Waals surface area (Å²) in [6.45, 7) is 7.50. The first-order chi connectivity index (χ1) is 7.35. The zero-order chi connectivity index (χ0) is 12.3. The number of aryl methyl sites for hydroxylation is 1. The highest BCUT2D eigenvalue weighted by Crippen LogP contribution is 2.28. The van der Waals surface area contributed by atoms with Crippen LogP contribution in [0.2, 0.25) is 0 Å². The Balaban J connectivity index is 3.16. The van der Waals surface area contributed by atoms with Gasteiger partial charge in [0, 0.05) is 0 Å². The van der Waals surface area contributed by atoms with Crippen LogP contribution in [0.15, 0.2) is 18.2 Å². The SMILES string of the molecule is CCS(=O)(=O)Oc1cc(C)ccc1C(C)C. The van der Waals surface area contributed by atoms with Gasteiger partial charge in [-0.2, -0.15) is 8.42 Å². The third-order valence-electron chi connectivity index (χ3n) is 2.36. The van der Waals surface area contributed by atoms with Crippen LogP contribution in [0.25, 0.3) is 0 Å². The molecule has 0 amide bonds. The van der Waals surface area contributed by atoms with Gasteiger partial charge in [0.25, 0.3) is 0 Å². The minimum absolute atomic E-state index is 0.0154. The molecule has 0 bridgehead atoms. The molecule has 4 heteroatoms. The Labute approximate surface area is 97.6 Å². The maximum Gasteiger partial charge on any atom is 0.308 e. The summed E-state index contributed by atoms with van der Waals surface area (Å²) in [5.41, 5.74) is 1.91. The van der Waals surface area contributed by atoms with Crippen LogP contribution in [-0.2, 0) is 10.1 Å². The normalized spacial score (nSPS) is 11.8. The van der Waals surface area contributed by atoms with Gasteiger partial charge in [0.15, 0.2) is 0 Å². The van der Waals surface area contributed by atoms with Crippen LogP contribution in [-0.4, -0.2) is 14.2 Å². The molecule has 0 unspecified atom stereocenters. The maximum absolute atomic E-state index is 11.4. The molecule has 0 aromatic heterocycles. The molecule has 90 valence electrons. The zero-order valence-electron chi connectivity index (χ0n) is 10.1. The summed E-state index contributed by atoms with van der Waals surface area (Å²) in [6.07, 6.45) is 0. The molecule has 0 aliphatic carbocycles. The lowest BCUT2D eigenvalue weighted by Gasteiger charge is -2.13. The summed E-state index contributed by atoms with van der Waals surface area (Å²) in [6, 6.07) is 5.64. The molecular formula is C12H18O3S. The van der Waals surface area contributed by atoms with Crippen LogP contribution in [0, 0.1) is 6.92 Å². The van der Waals surface area contributed by atoms with Crippen molar-refractivity contribution in [2.45, 2.75) is 33.6 Å². The topological polar surface area (TPSA) is 43.4 Å². The van der Waals surface area contributed by atoms with Crippen molar-refractivity contribution >= 4 is 10.1 Å². The predicted octanol–water partition coefficient (Wildman–Crippen LogP) is 2.85. The van der Waals surface area contributed by atoms with E-state index < -0.39 is 10.1 Å². The highest BCUT2D eigenvalue weighted by Gasteiger charge is 2.14. The van der Waals surface area contributed by atoms with Gasteiger partial charge in [-0.3, -0.25) is 0 Å². The summed E-state index contributed by atoms with van der Waals surface area (Å²) >= 11 is 0. The third kappa shape index (κ3) is 3.23. The standard InChI is InChI=1S/C12H18O3S/c1-5-16(13,14)15-12-8-10(4)6-7-11(12)9(2)3/h6-9H,5H2,1-4H3. The Morgan fingerprint density at radius 2 is 1.94 bits per heavy atom. The van der Waals surface area contributed by atoms with Crippen molar-refractivity contribution in [1.29, 1.82) is 0 Å². The van der Waals surface area contributed by atoms with E-state index in [4.69, 9.17) is 4.18 Å². The first-order valence-electron chi connectivity index (χ1n) is 5.38. The molecule has 16 heavy (non-hydrogen) atoms. The molecule has 1 aromatic carbocycles. The second-order valence-corrected chi connectivity index (χ2v) is 5.99. The fourth-order valence-corrected chi connectivity index (χ4v) is 1.92. The predicted molar refractivity (Wildman–Crippen MR) is 65.4 cm³/mol. The highest BCUT2D eigenvalue weighted by molar-refractivity contribution is 7.87. The molecule has 0 fully saturated rings. The van der Waals surface area contributed by atoms with Gasteiger partial charge >= 0.3 is 10.1 Å². The van der Waals surface area contributed by atoms with Crippen LogP contribution in [0.1, 0.15) is 37.8 Å². The molecule has 0 saturated carbocycles. The van der Waals surface area contributed by atoms with E-state index in [2.05, 4.69) is 0 Å². The van der Waals surface area contributed by atoms with Crippen LogP contribution in [0.5, 0.6) is 5.75 Å². The second-order valence-electron chi connectivity index (χ2n) is 4.13. The van der Waals surface area contributed by atoms with Gasteiger partial charge in [-0.1, -0.05) is 26.0 Å². The Morgan fingerprint density at radius 3 is 2.44 bits per heavy atom. The molecule has 0 aliphatic heterocycles. The summed E-state index contributed by atoms with van der Waals surface area (Å²) in [5, 5.41) is 0. The van der Waals surface area contributed by atoms with E-state index in [-0.39, 0.29) is 11.7 Å².